The highest BCUT2D eigenvalue weighted by Crippen LogP contribution is 2.17. The molecule has 0 unspecified atom stereocenters. The van der Waals surface area contributed by atoms with Crippen molar-refractivity contribution < 1.29 is 33.8 Å². The Morgan fingerprint density at radius 1 is 1.06 bits per heavy atom. The molecule has 1 atom stereocenters. The number of hydrogen-bond acceptors (Lipinski definition) is 8. The van der Waals surface area contributed by atoms with Crippen LogP contribution in [0.2, 0.25) is 0 Å². The molecule has 1 aromatic rings. The fraction of sp³-hybridized carbons (Fsp3) is 0.545. The molecule has 2 amide bonds. The second-order valence-corrected chi connectivity index (χ2v) is 7.99. The quantitative estimate of drug-likeness (QED) is 0.272. The smallest absolute Gasteiger partial charge is 0.410 e. The zero-order valence-electron chi connectivity index (χ0n) is 18.4. The number of hydrogen-bond donors (Lipinski definition) is 1. The van der Waals surface area contributed by atoms with Gasteiger partial charge in [-0.25, -0.2) is 9.59 Å². The minimum Gasteiger partial charge on any atom is -0.530 e. The summed E-state index contributed by atoms with van der Waals surface area (Å²) in [6.45, 7) is 1.11. The zero-order valence-corrected chi connectivity index (χ0v) is 18.4. The highest BCUT2D eigenvalue weighted by molar-refractivity contribution is 5.88. The van der Waals surface area contributed by atoms with E-state index in [-0.39, 0.29) is 31.2 Å². The molecule has 2 heterocycles. The van der Waals surface area contributed by atoms with Crippen LogP contribution in [-0.2, 0) is 25.7 Å². The standard InChI is InChI=1S/C22H30N4O7/c23-20(18-8-4-5-11-26(18)21(28)29)24-33-19(27)15-31-17-9-12-25(13-10-17)22(30)32-14-16-6-2-1-3-7-16/h1-3,6-7,17-18H,4-5,8-15H2,(H2,23,24)(H,28,29)/p-1/t18-/m0/s1. The van der Waals surface area contributed by atoms with Gasteiger partial charge in [0.25, 0.3) is 0 Å². The van der Waals surface area contributed by atoms with Crippen LogP contribution in [0, 0.1) is 0 Å². The van der Waals surface area contributed by atoms with Gasteiger partial charge in [0.2, 0.25) is 0 Å². The van der Waals surface area contributed by atoms with Crippen LogP contribution in [0.3, 0.4) is 0 Å². The molecule has 33 heavy (non-hydrogen) atoms. The molecule has 0 spiro atoms. The number of piperidine rings is 2. The van der Waals surface area contributed by atoms with Crippen LogP contribution < -0.4 is 10.8 Å². The van der Waals surface area contributed by atoms with Gasteiger partial charge in [0, 0.05) is 19.6 Å². The van der Waals surface area contributed by atoms with E-state index in [4.69, 9.17) is 20.0 Å². The molecule has 0 radical (unpaired) electrons. The summed E-state index contributed by atoms with van der Waals surface area (Å²) >= 11 is 0. The lowest BCUT2D eigenvalue weighted by atomic mass is 10.0. The van der Waals surface area contributed by atoms with Crippen molar-refractivity contribution >= 4 is 24.0 Å². The van der Waals surface area contributed by atoms with Crippen molar-refractivity contribution in [2.45, 2.75) is 50.9 Å². The van der Waals surface area contributed by atoms with Gasteiger partial charge in [-0.15, -0.1) is 0 Å². The van der Waals surface area contributed by atoms with Gasteiger partial charge in [0.05, 0.1) is 12.1 Å². The largest absolute Gasteiger partial charge is 0.530 e. The van der Waals surface area contributed by atoms with E-state index in [9.17, 15) is 19.5 Å². The van der Waals surface area contributed by atoms with Crippen LogP contribution in [0.4, 0.5) is 9.59 Å². The molecule has 2 saturated heterocycles. The molecule has 0 bridgehead atoms. The number of amidine groups is 1. The summed E-state index contributed by atoms with van der Waals surface area (Å²) in [7, 11) is 0. The van der Waals surface area contributed by atoms with Gasteiger partial charge < -0.3 is 39.7 Å². The average Bonchev–Trinajstić information content (AvgIpc) is 2.85. The lowest BCUT2D eigenvalue weighted by Crippen LogP contribution is -2.54. The number of carbonyl (C=O) groups is 3. The first-order valence-electron chi connectivity index (χ1n) is 11.0. The topological polar surface area (TPSA) is 147 Å². The molecule has 2 N–H and O–H groups in total. The number of carbonyl (C=O) groups excluding carboxylic acids is 3. The molecule has 2 aliphatic heterocycles. The van der Waals surface area contributed by atoms with E-state index >= 15 is 0 Å². The summed E-state index contributed by atoms with van der Waals surface area (Å²) < 4.78 is 10.9. The van der Waals surface area contributed by atoms with E-state index in [0.717, 1.165) is 23.3 Å². The summed E-state index contributed by atoms with van der Waals surface area (Å²) in [5.41, 5.74) is 6.74. The average molecular weight is 461 g/mol. The fourth-order valence-corrected chi connectivity index (χ4v) is 3.85. The monoisotopic (exact) mass is 461 g/mol. The molecular formula is C22H29N4O7-. The van der Waals surface area contributed by atoms with Gasteiger partial charge in [0.15, 0.2) is 5.84 Å². The summed E-state index contributed by atoms with van der Waals surface area (Å²) in [5, 5.41) is 14.8. The van der Waals surface area contributed by atoms with Crippen LogP contribution in [0.25, 0.3) is 0 Å². The molecule has 3 rings (SSSR count). The summed E-state index contributed by atoms with van der Waals surface area (Å²) in [6.07, 6.45) is 1.20. The van der Waals surface area contributed by atoms with E-state index in [1.54, 1.807) is 4.90 Å². The first-order valence-corrected chi connectivity index (χ1v) is 11.0. The third-order valence-corrected chi connectivity index (χ3v) is 5.67. The van der Waals surface area contributed by atoms with Crippen molar-refractivity contribution in [2.75, 3.05) is 26.2 Å². The van der Waals surface area contributed by atoms with Gasteiger partial charge in [-0.1, -0.05) is 35.5 Å². The number of amides is 2. The maximum Gasteiger partial charge on any atom is 0.410 e. The van der Waals surface area contributed by atoms with E-state index in [1.807, 2.05) is 30.3 Å². The van der Waals surface area contributed by atoms with Crippen molar-refractivity contribution in [1.82, 2.24) is 9.80 Å². The number of benzene rings is 1. The van der Waals surface area contributed by atoms with Crippen molar-refractivity contribution in [2.24, 2.45) is 10.9 Å². The van der Waals surface area contributed by atoms with E-state index in [0.29, 0.717) is 38.9 Å². The lowest BCUT2D eigenvalue weighted by Gasteiger charge is -2.36. The van der Waals surface area contributed by atoms with Crippen LogP contribution in [0.1, 0.15) is 37.7 Å². The van der Waals surface area contributed by atoms with Crippen LogP contribution in [0.15, 0.2) is 35.5 Å². The second-order valence-electron chi connectivity index (χ2n) is 7.99. The van der Waals surface area contributed by atoms with Crippen molar-refractivity contribution in [3.63, 3.8) is 0 Å². The first-order chi connectivity index (χ1) is 15.9. The SMILES string of the molecule is N/C(=N/OC(=O)COC1CCN(C(=O)OCc2ccccc2)CC1)[C@@H]1CCCCN1C(=O)[O-]. The minimum absolute atomic E-state index is 0.0884. The zero-order chi connectivity index (χ0) is 23.6. The number of oxime groups is 1. The Hall–Kier alpha value is -3.34. The summed E-state index contributed by atoms with van der Waals surface area (Å²) in [4.78, 5) is 42.8. The molecule has 11 heteroatoms. The second kappa shape index (κ2) is 12.0. The number of nitrogens with zero attached hydrogens (tertiary/aromatic N) is 3. The molecule has 1 aromatic carbocycles. The number of likely N-dealkylation sites (tertiary alicyclic amines) is 2. The number of rotatable bonds is 7. The number of nitrogens with two attached hydrogens (primary N) is 1. The molecule has 2 fully saturated rings. The molecule has 0 aliphatic carbocycles. The normalized spacial score (nSPS) is 19.8. The van der Waals surface area contributed by atoms with Crippen LogP contribution >= 0.6 is 0 Å². The highest BCUT2D eigenvalue weighted by Gasteiger charge is 2.27. The fourth-order valence-electron chi connectivity index (χ4n) is 3.85. The van der Waals surface area contributed by atoms with Gasteiger partial charge in [-0.3, -0.25) is 0 Å². The Morgan fingerprint density at radius 2 is 1.79 bits per heavy atom. The summed E-state index contributed by atoms with van der Waals surface area (Å²) in [6, 6.07) is 8.78. The van der Waals surface area contributed by atoms with Crippen LogP contribution in [-0.4, -0.2) is 72.2 Å². The molecule has 180 valence electrons. The predicted molar refractivity (Wildman–Crippen MR) is 115 cm³/mol. The van der Waals surface area contributed by atoms with Crippen molar-refractivity contribution in [1.29, 1.82) is 0 Å². The van der Waals surface area contributed by atoms with E-state index < -0.39 is 18.1 Å². The Balaban J connectivity index is 1.34. The molecular weight excluding hydrogens is 432 g/mol. The van der Waals surface area contributed by atoms with Crippen molar-refractivity contribution in [3.8, 4) is 0 Å². The maximum absolute atomic E-state index is 12.2. The molecule has 2 aliphatic rings. The van der Waals surface area contributed by atoms with Gasteiger partial charge in [-0.05, 0) is 37.7 Å². The summed E-state index contributed by atoms with van der Waals surface area (Å²) in [5.74, 6) is -0.826. The molecule has 0 aromatic heterocycles. The van der Waals surface area contributed by atoms with Gasteiger partial charge >= 0.3 is 12.1 Å². The Labute approximate surface area is 192 Å². The van der Waals surface area contributed by atoms with E-state index in [2.05, 4.69) is 5.16 Å². The highest BCUT2D eigenvalue weighted by atomic mass is 16.7. The third-order valence-electron chi connectivity index (χ3n) is 5.67. The predicted octanol–water partition coefficient (Wildman–Crippen LogP) is 0.817. The number of ether oxygens (including phenoxy) is 2. The number of carboxylic acid groups (broad SMARTS) is 1. The Kier molecular flexibility index (Phi) is 8.87. The molecule has 0 saturated carbocycles. The van der Waals surface area contributed by atoms with Gasteiger partial charge in [-0.2, -0.15) is 0 Å². The Bertz CT molecular complexity index is 840. The Morgan fingerprint density at radius 3 is 2.48 bits per heavy atom. The van der Waals surface area contributed by atoms with Gasteiger partial charge in [0.1, 0.15) is 19.3 Å². The third kappa shape index (κ3) is 7.35. The van der Waals surface area contributed by atoms with Crippen LogP contribution in [0.5, 0.6) is 0 Å². The van der Waals surface area contributed by atoms with Crippen molar-refractivity contribution in [3.05, 3.63) is 35.9 Å². The maximum atomic E-state index is 12.2. The lowest BCUT2D eigenvalue weighted by molar-refractivity contribution is -0.267. The molecule has 11 nitrogen and oxygen atoms in total. The minimum atomic E-state index is -1.33. The first kappa shape index (κ1) is 24.3. The van der Waals surface area contributed by atoms with E-state index in [1.165, 1.54) is 0 Å².